The number of rotatable bonds is 8. The molecule has 0 aromatic rings. The van der Waals surface area contributed by atoms with E-state index in [1.165, 1.54) is 0 Å². The molecule has 2 amide bonds. The summed E-state index contributed by atoms with van der Waals surface area (Å²) >= 11 is 0. The molecule has 0 aliphatic carbocycles. The van der Waals surface area contributed by atoms with Crippen molar-refractivity contribution in [3.63, 3.8) is 0 Å². The highest BCUT2D eigenvalue weighted by atomic mass is 32.2. The summed E-state index contributed by atoms with van der Waals surface area (Å²) in [6.07, 6.45) is 2.95. The molecule has 1 unspecified atom stereocenters. The minimum atomic E-state index is -3.58. The van der Waals surface area contributed by atoms with Crippen LogP contribution in [0.25, 0.3) is 0 Å². The summed E-state index contributed by atoms with van der Waals surface area (Å²) in [7, 11) is -3.58. The summed E-state index contributed by atoms with van der Waals surface area (Å²) in [6, 6.07) is -1.38. The van der Waals surface area contributed by atoms with Gasteiger partial charge in [-0.2, -0.15) is 0 Å². The molecule has 1 rings (SSSR count). The molecule has 1 heterocycles. The second-order valence-electron chi connectivity index (χ2n) is 4.85. The molecule has 0 fully saturated rings. The van der Waals surface area contributed by atoms with E-state index in [1.54, 1.807) is 6.92 Å². The Morgan fingerprint density at radius 2 is 1.67 bits per heavy atom. The molecule has 1 atom stereocenters. The highest BCUT2D eigenvalue weighted by Gasteiger charge is 2.37. The van der Waals surface area contributed by atoms with Gasteiger partial charge in [0.25, 0.3) is 11.8 Å². The highest BCUT2D eigenvalue weighted by Crippen LogP contribution is 2.14. The van der Waals surface area contributed by atoms with Crippen molar-refractivity contribution in [2.75, 3.05) is 12.0 Å². The second-order valence-corrected chi connectivity index (χ2v) is 7.03. The molecule has 0 aromatic heterocycles. The lowest BCUT2D eigenvalue weighted by molar-refractivity contribution is -0.144. The van der Waals surface area contributed by atoms with Gasteiger partial charge in [-0.1, -0.05) is 6.92 Å². The van der Waals surface area contributed by atoms with E-state index in [0.29, 0.717) is 4.90 Å². The van der Waals surface area contributed by atoms with Crippen molar-refractivity contribution < 1.29 is 27.6 Å². The van der Waals surface area contributed by atoms with Crippen LogP contribution in [0.5, 0.6) is 0 Å². The molecule has 116 valence electrons. The van der Waals surface area contributed by atoms with Crippen LogP contribution in [0, 0.1) is 0 Å². The smallest absolute Gasteiger partial charge is 0.254 e. The standard InChI is InChI=1S/C13H17NO6S/c1-3-9(15)4-5-11(16)10(8-21(2,19)20)14-12(17)6-7-13(14)18/h6-7,10H,3-5,8H2,1-2H3. The molecule has 8 heteroatoms. The lowest BCUT2D eigenvalue weighted by Gasteiger charge is -2.24. The molecular weight excluding hydrogens is 298 g/mol. The average Bonchev–Trinajstić information content (AvgIpc) is 2.71. The van der Waals surface area contributed by atoms with E-state index in [2.05, 4.69) is 0 Å². The first-order valence-electron chi connectivity index (χ1n) is 6.43. The van der Waals surface area contributed by atoms with Gasteiger partial charge in [0.15, 0.2) is 5.78 Å². The molecular formula is C13H17NO6S. The van der Waals surface area contributed by atoms with Gasteiger partial charge in [-0.15, -0.1) is 0 Å². The van der Waals surface area contributed by atoms with Gasteiger partial charge in [-0.3, -0.25) is 24.1 Å². The summed E-state index contributed by atoms with van der Waals surface area (Å²) in [6.45, 7) is 1.65. The van der Waals surface area contributed by atoms with Gasteiger partial charge in [0, 0.05) is 37.7 Å². The number of sulfone groups is 1. The zero-order valence-electron chi connectivity index (χ0n) is 11.9. The monoisotopic (exact) mass is 315 g/mol. The summed E-state index contributed by atoms with van der Waals surface area (Å²) in [4.78, 5) is 47.2. The molecule has 0 N–H and O–H groups in total. The van der Waals surface area contributed by atoms with Crippen molar-refractivity contribution in [3.05, 3.63) is 12.2 Å². The van der Waals surface area contributed by atoms with Gasteiger partial charge < -0.3 is 0 Å². The maximum Gasteiger partial charge on any atom is 0.254 e. The predicted molar refractivity (Wildman–Crippen MR) is 74.0 cm³/mol. The van der Waals surface area contributed by atoms with Crippen LogP contribution in [0.3, 0.4) is 0 Å². The Bertz CT molecular complexity index is 586. The highest BCUT2D eigenvalue weighted by molar-refractivity contribution is 7.90. The first-order chi connectivity index (χ1) is 9.65. The number of carbonyl (C=O) groups excluding carboxylic acids is 4. The quantitative estimate of drug-likeness (QED) is 0.567. The van der Waals surface area contributed by atoms with E-state index in [0.717, 1.165) is 18.4 Å². The molecule has 1 aliphatic rings. The summed E-state index contributed by atoms with van der Waals surface area (Å²) in [5, 5.41) is 0. The van der Waals surface area contributed by atoms with E-state index < -0.39 is 39.2 Å². The maximum atomic E-state index is 12.1. The van der Waals surface area contributed by atoms with Crippen LogP contribution in [0.4, 0.5) is 0 Å². The minimum absolute atomic E-state index is 0.0285. The Balaban J connectivity index is 2.92. The maximum absolute atomic E-state index is 12.1. The topological polar surface area (TPSA) is 106 Å². The predicted octanol–water partition coefficient (Wildman–Crippen LogP) is -0.347. The minimum Gasteiger partial charge on any atom is -0.300 e. The number of Topliss-reactive ketones (excluding diaryl/α,β-unsaturated/α-hetero) is 2. The number of nitrogens with zero attached hydrogens (tertiary/aromatic N) is 1. The third kappa shape index (κ3) is 4.89. The summed E-state index contributed by atoms with van der Waals surface area (Å²) < 4.78 is 22.8. The second kappa shape index (κ2) is 6.75. The van der Waals surface area contributed by atoms with Gasteiger partial charge in [0.2, 0.25) is 0 Å². The third-order valence-electron chi connectivity index (χ3n) is 3.03. The Morgan fingerprint density at radius 3 is 2.10 bits per heavy atom. The molecule has 1 aliphatic heterocycles. The average molecular weight is 315 g/mol. The van der Waals surface area contributed by atoms with E-state index in [9.17, 15) is 27.6 Å². The van der Waals surface area contributed by atoms with E-state index in [-0.39, 0.29) is 25.0 Å². The van der Waals surface area contributed by atoms with Gasteiger partial charge in [-0.25, -0.2) is 8.42 Å². The summed E-state index contributed by atoms with van der Waals surface area (Å²) in [5.74, 6) is -2.82. The van der Waals surface area contributed by atoms with Crippen molar-refractivity contribution in [3.8, 4) is 0 Å². The zero-order valence-corrected chi connectivity index (χ0v) is 12.7. The molecule has 0 radical (unpaired) electrons. The van der Waals surface area contributed by atoms with Crippen molar-refractivity contribution in [1.82, 2.24) is 4.90 Å². The molecule has 21 heavy (non-hydrogen) atoms. The fourth-order valence-electron chi connectivity index (χ4n) is 1.92. The summed E-state index contributed by atoms with van der Waals surface area (Å²) in [5.41, 5.74) is 0. The van der Waals surface area contributed by atoms with Crippen molar-refractivity contribution in [2.24, 2.45) is 0 Å². The number of amides is 2. The largest absolute Gasteiger partial charge is 0.300 e. The Morgan fingerprint density at radius 1 is 1.14 bits per heavy atom. The van der Waals surface area contributed by atoms with E-state index in [4.69, 9.17) is 0 Å². The van der Waals surface area contributed by atoms with Crippen LogP contribution >= 0.6 is 0 Å². The van der Waals surface area contributed by atoms with Crippen LogP contribution in [0.1, 0.15) is 26.2 Å². The first kappa shape index (κ1) is 17.2. The van der Waals surface area contributed by atoms with E-state index in [1.807, 2.05) is 0 Å². The zero-order chi connectivity index (χ0) is 16.2. The van der Waals surface area contributed by atoms with Gasteiger partial charge in [0.1, 0.15) is 21.7 Å². The Kier molecular flexibility index (Phi) is 5.54. The number of ketones is 2. The number of hydrogen-bond donors (Lipinski definition) is 0. The molecule has 0 spiro atoms. The normalized spacial score (nSPS) is 16.4. The van der Waals surface area contributed by atoms with Gasteiger partial charge in [-0.05, 0) is 0 Å². The first-order valence-corrected chi connectivity index (χ1v) is 8.49. The van der Waals surface area contributed by atoms with Crippen LogP contribution in [0.15, 0.2) is 12.2 Å². The van der Waals surface area contributed by atoms with Crippen LogP contribution in [-0.4, -0.2) is 54.7 Å². The Hall–Kier alpha value is -1.83. The van der Waals surface area contributed by atoms with Crippen LogP contribution in [0.2, 0.25) is 0 Å². The van der Waals surface area contributed by atoms with Gasteiger partial charge >= 0.3 is 0 Å². The number of hydrogen-bond acceptors (Lipinski definition) is 6. The lowest BCUT2D eigenvalue weighted by atomic mass is 10.0. The van der Waals surface area contributed by atoms with E-state index >= 15 is 0 Å². The molecule has 7 nitrogen and oxygen atoms in total. The Labute approximate surface area is 122 Å². The lowest BCUT2D eigenvalue weighted by Crippen LogP contribution is -2.48. The molecule has 0 saturated heterocycles. The fourth-order valence-corrected chi connectivity index (χ4v) is 2.83. The SMILES string of the molecule is CCC(=O)CCC(=O)C(CS(C)(=O)=O)N1C(=O)C=CC1=O. The van der Waals surface area contributed by atoms with Gasteiger partial charge in [0.05, 0.1) is 5.75 Å². The number of carbonyl (C=O) groups is 4. The van der Waals surface area contributed by atoms with Crippen molar-refractivity contribution >= 4 is 33.2 Å². The molecule has 0 bridgehead atoms. The molecule has 0 aromatic carbocycles. The van der Waals surface area contributed by atoms with Crippen LogP contribution < -0.4 is 0 Å². The van der Waals surface area contributed by atoms with Crippen LogP contribution in [-0.2, 0) is 29.0 Å². The fraction of sp³-hybridized carbons (Fsp3) is 0.538. The number of imide groups is 1. The van der Waals surface area contributed by atoms with Crippen molar-refractivity contribution in [1.29, 1.82) is 0 Å². The third-order valence-corrected chi connectivity index (χ3v) is 3.95. The molecule has 0 saturated carbocycles. The van der Waals surface area contributed by atoms with Crippen molar-refractivity contribution in [2.45, 2.75) is 32.2 Å².